The van der Waals surface area contributed by atoms with E-state index in [0.29, 0.717) is 17.1 Å². The van der Waals surface area contributed by atoms with Crippen molar-refractivity contribution in [3.05, 3.63) is 222 Å². The fourth-order valence-electron chi connectivity index (χ4n) is 11.0. The van der Waals surface area contributed by atoms with E-state index in [1.807, 2.05) is 30.3 Å². The van der Waals surface area contributed by atoms with E-state index in [9.17, 15) is 0 Å². The zero-order valence-corrected chi connectivity index (χ0v) is 33.3. The topological polar surface area (TPSA) is 51.8 Å². The molecule has 0 atom stereocenters. The Hall–Kier alpha value is -8.21. The number of rotatable bonds is 2. The van der Waals surface area contributed by atoms with Crippen molar-refractivity contribution >= 4 is 65.6 Å². The minimum atomic E-state index is -0.448. The Labute approximate surface area is 356 Å². The van der Waals surface area contributed by atoms with E-state index in [0.717, 1.165) is 65.4 Å². The molecule has 3 aromatic heterocycles. The molecule has 6 bridgehead atoms. The monoisotopic (exact) mass is 787 g/mol. The molecule has 14 rings (SSSR count). The first-order chi connectivity index (χ1) is 30.7. The van der Waals surface area contributed by atoms with Crippen LogP contribution in [-0.2, 0) is 5.41 Å². The van der Waals surface area contributed by atoms with Gasteiger partial charge in [0.25, 0.3) is 0 Å². The number of benzene rings is 9. The minimum Gasteiger partial charge on any atom is -0.456 e. The van der Waals surface area contributed by atoms with Crippen LogP contribution in [0.1, 0.15) is 22.3 Å². The van der Waals surface area contributed by atoms with Gasteiger partial charge in [0.05, 0.1) is 5.41 Å². The Morgan fingerprint density at radius 1 is 0.339 bits per heavy atom. The molecule has 0 radical (unpaired) electrons. The molecule has 286 valence electrons. The summed E-state index contributed by atoms with van der Waals surface area (Å²) < 4.78 is 6.49. The third-order valence-electron chi connectivity index (χ3n) is 13.5. The van der Waals surface area contributed by atoms with E-state index in [1.54, 1.807) is 0 Å². The molecule has 0 saturated heterocycles. The standard InChI is InChI=1S/C58H33N3O/c1-2-14-34(15-3-1)55-59-56-38-31-36(40-17-5-4-16-39(40)35-28-29-51-46(33-35)54-45(57(60-55)61-56)22-13-27-52(54)62-51)30-37(32-38)41-21-12-26-50-53(41)44-20-8-11-25-49(44)58(50)47-23-9-6-18-42(47)43-19-7-10-24-48(43)58/h1-33H. The highest BCUT2D eigenvalue weighted by molar-refractivity contribution is 6.20. The summed E-state index contributed by atoms with van der Waals surface area (Å²) in [5.74, 6) is 0.619. The smallest absolute Gasteiger partial charge is 0.164 e. The van der Waals surface area contributed by atoms with Crippen molar-refractivity contribution in [2.75, 3.05) is 0 Å². The van der Waals surface area contributed by atoms with Gasteiger partial charge in [-0.3, -0.25) is 0 Å². The lowest BCUT2D eigenvalue weighted by Crippen LogP contribution is -2.25. The second kappa shape index (κ2) is 12.4. The van der Waals surface area contributed by atoms with Crippen molar-refractivity contribution in [1.29, 1.82) is 0 Å². The van der Waals surface area contributed by atoms with E-state index < -0.39 is 5.41 Å². The summed E-state index contributed by atoms with van der Waals surface area (Å²) in [6, 6.07) is 72.5. The summed E-state index contributed by atoms with van der Waals surface area (Å²) in [6.45, 7) is 0. The fourth-order valence-corrected chi connectivity index (χ4v) is 11.0. The van der Waals surface area contributed by atoms with Crippen LogP contribution in [0.3, 0.4) is 0 Å². The van der Waals surface area contributed by atoms with E-state index in [1.165, 1.54) is 50.1 Å². The van der Waals surface area contributed by atoms with Crippen LogP contribution in [0.4, 0.5) is 0 Å². The number of hydrogen-bond donors (Lipinski definition) is 0. The van der Waals surface area contributed by atoms with Crippen LogP contribution in [0.5, 0.6) is 0 Å². The number of fused-ring (bicyclic) bond motifs is 20. The Balaban J connectivity index is 1.16. The molecule has 0 fully saturated rings. The fraction of sp³-hybridized carbons (Fsp3) is 0.0172. The van der Waals surface area contributed by atoms with Gasteiger partial charge in [0.2, 0.25) is 0 Å². The zero-order chi connectivity index (χ0) is 40.5. The van der Waals surface area contributed by atoms with E-state index in [2.05, 4.69) is 170 Å². The molecule has 2 aliphatic carbocycles. The highest BCUT2D eigenvalue weighted by Gasteiger charge is 2.51. The molecule has 0 aliphatic heterocycles. The number of hydrogen-bond acceptors (Lipinski definition) is 4. The first-order valence-electron chi connectivity index (χ1n) is 21.2. The maximum Gasteiger partial charge on any atom is 0.164 e. The van der Waals surface area contributed by atoms with E-state index in [4.69, 9.17) is 19.4 Å². The van der Waals surface area contributed by atoms with Crippen molar-refractivity contribution in [2.24, 2.45) is 0 Å². The second-order valence-electron chi connectivity index (χ2n) is 16.6. The van der Waals surface area contributed by atoms with Crippen LogP contribution in [0, 0.1) is 0 Å². The molecule has 12 aromatic rings. The second-order valence-corrected chi connectivity index (χ2v) is 16.6. The maximum atomic E-state index is 6.49. The lowest BCUT2D eigenvalue weighted by atomic mass is 9.70. The highest BCUT2D eigenvalue weighted by Crippen LogP contribution is 2.64. The molecule has 0 N–H and O–H groups in total. The van der Waals surface area contributed by atoms with Crippen LogP contribution in [-0.4, -0.2) is 15.0 Å². The van der Waals surface area contributed by atoms with Gasteiger partial charge in [-0.2, -0.15) is 0 Å². The predicted molar refractivity (Wildman–Crippen MR) is 253 cm³/mol. The van der Waals surface area contributed by atoms with Gasteiger partial charge in [0.1, 0.15) is 11.2 Å². The SMILES string of the molecule is c1ccc(-c2nc3nc(n2)c2cccc4oc5ccc(cc5c42)c2ccccc2c2cc(-c4cccc5c4-c4ccccc4C54c5ccccc5-c5ccccc54)cc3c2)cc1. The van der Waals surface area contributed by atoms with Crippen LogP contribution < -0.4 is 0 Å². The van der Waals surface area contributed by atoms with Gasteiger partial charge in [0, 0.05) is 27.1 Å². The molecule has 4 heteroatoms. The molecule has 62 heavy (non-hydrogen) atoms. The first kappa shape index (κ1) is 33.6. The molecule has 1 spiro atoms. The molecule has 0 unspecified atom stereocenters. The van der Waals surface area contributed by atoms with Crippen LogP contribution in [0.2, 0.25) is 0 Å². The Morgan fingerprint density at radius 2 is 0.935 bits per heavy atom. The summed E-state index contributed by atoms with van der Waals surface area (Å²) in [5.41, 5.74) is 16.0. The zero-order valence-electron chi connectivity index (χ0n) is 33.3. The van der Waals surface area contributed by atoms with Crippen LogP contribution >= 0.6 is 0 Å². The highest BCUT2D eigenvalue weighted by atomic mass is 16.3. The van der Waals surface area contributed by atoms with Gasteiger partial charge < -0.3 is 4.42 Å². The summed E-state index contributed by atoms with van der Waals surface area (Å²) in [5, 5.41) is 8.31. The maximum absolute atomic E-state index is 6.49. The largest absolute Gasteiger partial charge is 0.456 e. The van der Waals surface area contributed by atoms with Gasteiger partial charge in [-0.15, -0.1) is 0 Å². The molecule has 2 aliphatic rings. The van der Waals surface area contributed by atoms with Crippen molar-refractivity contribution in [3.63, 3.8) is 0 Å². The first-order valence-corrected chi connectivity index (χ1v) is 21.2. The average Bonchev–Trinajstić information content (AvgIpc) is 3.98. The predicted octanol–water partition coefficient (Wildman–Crippen LogP) is 14.6. The Bertz CT molecular complexity index is 3890. The lowest BCUT2D eigenvalue weighted by Gasteiger charge is -2.30. The van der Waals surface area contributed by atoms with E-state index in [-0.39, 0.29) is 0 Å². The van der Waals surface area contributed by atoms with E-state index >= 15 is 0 Å². The van der Waals surface area contributed by atoms with Gasteiger partial charge in [-0.1, -0.05) is 164 Å². The molecule has 4 nitrogen and oxygen atoms in total. The molecule has 0 amide bonds. The lowest BCUT2D eigenvalue weighted by molar-refractivity contribution is 0.669. The van der Waals surface area contributed by atoms with Crippen molar-refractivity contribution in [2.45, 2.75) is 5.41 Å². The average molecular weight is 788 g/mol. The van der Waals surface area contributed by atoms with Gasteiger partial charge in [0.15, 0.2) is 17.1 Å². The quantitative estimate of drug-likeness (QED) is 0.175. The van der Waals surface area contributed by atoms with Crippen molar-refractivity contribution < 1.29 is 4.42 Å². The molecule has 0 saturated carbocycles. The van der Waals surface area contributed by atoms with Crippen molar-refractivity contribution in [1.82, 2.24) is 15.0 Å². The van der Waals surface area contributed by atoms with Gasteiger partial charge in [-0.25, -0.2) is 15.0 Å². The number of nitrogens with zero attached hydrogens (tertiary/aromatic N) is 3. The third kappa shape index (κ3) is 4.47. The summed E-state index contributed by atoms with van der Waals surface area (Å²) >= 11 is 0. The molecule has 3 heterocycles. The summed E-state index contributed by atoms with van der Waals surface area (Å²) in [6.07, 6.45) is 0. The third-order valence-corrected chi connectivity index (χ3v) is 13.5. The van der Waals surface area contributed by atoms with Crippen molar-refractivity contribution in [3.8, 4) is 44.8 Å². The number of aromatic nitrogens is 3. The van der Waals surface area contributed by atoms with Crippen LogP contribution in [0.25, 0.3) is 110 Å². The molecule has 9 aromatic carbocycles. The molecular formula is C58H33N3O. The van der Waals surface area contributed by atoms with Gasteiger partial charge in [-0.05, 0) is 114 Å². The normalized spacial score (nSPS) is 13.3. The Kier molecular flexibility index (Phi) is 6.73. The Morgan fingerprint density at radius 3 is 1.73 bits per heavy atom. The van der Waals surface area contributed by atoms with Crippen LogP contribution in [0.15, 0.2) is 205 Å². The molecular weight excluding hydrogens is 755 g/mol. The van der Waals surface area contributed by atoms with Gasteiger partial charge >= 0.3 is 0 Å². The summed E-state index contributed by atoms with van der Waals surface area (Å²) in [7, 11) is 0. The number of furan rings is 1. The minimum absolute atomic E-state index is 0.448. The summed E-state index contributed by atoms with van der Waals surface area (Å²) in [4.78, 5) is 15.9.